The highest BCUT2D eigenvalue weighted by molar-refractivity contribution is 6.38. The molecule has 0 radical (unpaired) electrons. The number of ketones is 1. The lowest BCUT2D eigenvalue weighted by atomic mass is 9.86. The van der Waals surface area contributed by atoms with Crippen LogP contribution in [0.5, 0.6) is 11.5 Å². The second kappa shape index (κ2) is 6.88. The second-order valence-electron chi connectivity index (χ2n) is 7.73. The molecular formula is C23H24N4O3. The molecule has 3 heterocycles. The van der Waals surface area contributed by atoms with Crippen LogP contribution >= 0.6 is 0 Å². The summed E-state index contributed by atoms with van der Waals surface area (Å²) in [5.41, 5.74) is 3.94. The van der Waals surface area contributed by atoms with Crippen LogP contribution in [-0.4, -0.2) is 51.5 Å². The predicted octanol–water partition coefficient (Wildman–Crippen LogP) is 2.39. The number of hydrogen-bond donors (Lipinski definition) is 2. The number of ether oxygens (including phenoxy) is 2. The van der Waals surface area contributed by atoms with Crippen LogP contribution in [-0.2, 0) is 11.2 Å². The minimum atomic E-state index is -0.689. The molecule has 0 aliphatic carbocycles. The molecule has 30 heavy (non-hydrogen) atoms. The zero-order chi connectivity index (χ0) is 20.9. The Morgan fingerprint density at radius 1 is 1.07 bits per heavy atom. The van der Waals surface area contributed by atoms with Crippen molar-refractivity contribution >= 4 is 23.0 Å². The van der Waals surface area contributed by atoms with Crippen molar-refractivity contribution in [2.24, 2.45) is 4.99 Å². The smallest absolute Gasteiger partial charge is 0.196 e. The third kappa shape index (κ3) is 2.55. The molecule has 3 aliphatic rings. The molecule has 0 bridgehead atoms. The van der Waals surface area contributed by atoms with Crippen LogP contribution in [0.1, 0.15) is 5.56 Å². The molecule has 0 saturated carbocycles. The number of benzene rings is 2. The van der Waals surface area contributed by atoms with E-state index in [0.717, 1.165) is 17.1 Å². The van der Waals surface area contributed by atoms with Crippen molar-refractivity contribution < 1.29 is 14.3 Å². The van der Waals surface area contributed by atoms with Crippen molar-refractivity contribution in [3.8, 4) is 11.5 Å². The Hall–Kier alpha value is -3.32. The van der Waals surface area contributed by atoms with E-state index in [1.165, 1.54) is 5.56 Å². The maximum absolute atomic E-state index is 13.8. The molecule has 7 heteroatoms. The number of allylic oxidation sites excluding steroid dienone is 1. The van der Waals surface area contributed by atoms with Gasteiger partial charge in [0.25, 0.3) is 0 Å². The van der Waals surface area contributed by atoms with Crippen LogP contribution in [0.3, 0.4) is 0 Å². The summed E-state index contributed by atoms with van der Waals surface area (Å²) in [6.45, 7) is 1.13. The number of anilines is 2. The van der Waals surface area contributed by atoms with Crippen LogP contribution in [0.4, 0.5) is 11.4 Å². The molecule has 2 aromatic carbocycles. The SMILES string of the molecule is CN=C1C(=C2Cc3ccccc3N2)C(=O)C2(CNC2)N1c1cc(OC)cc(OC)c1. The number of rotatable bonds is 3. The molecule has 0 atom stereocenters. The number of methoxy groups -OCH3 is 2. The molecule has 2 fully saturated rings. The molecule has 0 aromatic heterocycles. The fraction of sp³-hybridized carbons (Fsp3) is 0.304. The highest BCUT2D eigenvalue weighted by atomic mass is 16.5. The van der Waals surface area contributed by atoms with Gasteiger partial charge in [0.2, 0.25) is 0 Å². The number of aliphatic imine (C=N–C) groups is 1. The number of nitrogens with one attached hydrogen (secondary N) is 2. The molecule has 3 aliphatic heterocycles. The van der Waals surface area contributed by atoms with Gasteiger partial charge in [-0.05, 0) is 11.6 Å². The van der Waals surface area contributed by atoms with Gasteiger partial charge in [-0.2, -0.15) is 0 Å². The number of carbonyl (C=O) groups excluding carboxylic acids is 1. The summed E-state index contributed by atoms with van der Waals surface area (Å²) >= 11 is 0. The van der Waals surface area contributed by atoms with Gasteiger partial charge in [-0.1, -0.05) is 18.2 Å². The lowest BCUT2D eigenvalue weighted by Gasteiger charge is -2.45. The summed E-state index contributed by atoms with van der Waals surface area (Å²) in [5.74, 6) is 2.11. The summed E-state index contributed by atoms with van der Waals surface area (Å²) in [6, 6.07) is 13.8. The highest BCUT2D eigenvalue weighted by Gasteiger charge is 2.59. The Kier molecular flexibility index (Phi) is 4.29. The maximum atomic E-state index is 13.8. The first-order chi connectivity index (χ1) is 14.6. The molecule has 5 rings (SSSR count). The van der Waals surface area contributed by atoms with Crippen molar-refractivity contribution in [1.29, 1.82) is 0 Å². The third-order valence-electron chi connectivity index (χ3n) is 6.13. The molecule has 2 saturated heterocycles. The minimum Gasteiger partial charge on any atom is -0.497 e. The van der Waals surface area contributed by atoms with Crippen LogP contribution in [0.25, 0.3) is 0 Å². The van der Waals surface area contributed by atoms with Gasteiger partial charge in [0.1, 0.15) is 22.9 Å². The summed E-state index contributed by atoms with van der Waals surface area (Å²) in [7, 11) is 4.98. The van der Waals surface area contributed by atoms with E-state index in [2.05, 4.69) is 21.7 Å². The Morgan fingerprint density at radius 2 is 1.77 bits per heavy atom. The van der Waals surface area contributed by atoms with Gasteiger partial charge in [0.15, 0.2) is 5.78 Å². The topological polar surface area (TPSA) is 75.2 Å². The monoisotopic (exact) mass is 404 g/mol. The first-order valence-corrected chi connectivity index (χ1v) is 9.95. The number of hydrogen-bond acceptors (Lipinski definition) is 6. The van der Waals surface area contributed by atoms with Crippen molar-refractivity contribution in [3.05, 3.63) is 59.3 Å². The quantitative estimate of drug-likeness (QED) is 0.766. The van der Waals surface area contributed by atoms with E-state index in [9.17, 15) is 4.79 Å². The van der Waals surface area contributed by atoms with Crippen LogP contribution in [0.15, 0.2) is 58.7 Å². The van der Waals surface area contributed by atoms with E-state index >= 15 is 0 Å². The lowest BCUT2D eigenvalue weighted by molar-refractivity contribution is -0.120. The Morgan fingerprint density at radius 3 is 2.33 bits per heavy atom. The van der Waals surface area contributed by atoms with Crippen molar-refractivity contribution in [2.75, 3.05) is 44.6 Å². The van der Waals surface area contributed by atoms with Gasteiger partial charge < -0.3 is 25.0 Å². The number of amidine groups is 1. The van der Waals surface area contributed by atoms with Crippen molar-refractivity contribution in [3.63, 3.8) is 0 Å². The third-order valence-corrected chi connectivity index (χ3v) is 6.13. The normalized spacial score (nSPS) is 22.8. The van der Waals surface area contributed by atoms with Crippen LogP contribution in [0, 0.1) is 0 Å². The van der Waals surface area contributed by atoms with Crippen LogP contribution < -0.4 is 25.0 Å². The second-order valence-corrected chi connectivity index (χ2v) is 7.73. The molecular weight excluding hydrogens is 380 g/mol. The molecule has 0 amide bonds. The number of fused-ring (bicyclic) bond motifs is 1. The van der Waals surface area contributed by atoms with Gasteiger partial charge in [0.05, 0.1) is 25.5 Å². The van der Waals surface area contributed by atoms with Gasteiger partial charge in [-0.3, -0.25) is 9.79 Å². The average Bonchev–Trinajstić information content (AvgIpc) is 3.28. The van der Waals surface area contributed by atoms with Gasteiger partial charge >= 0.3 is 0 Å². The first-order valence-electron chi connectivity index (χ1n) is 9.95. The first kappa shape index (κ1) is 18.7. The molecule has 1 spiro atoms. The Bertz CT molecular complexity index is 1050. The van der Waals surface area contributed by atoms with E-state index in [1.807, 2.05) is 41.3 Å². The Labute approximate surface area is 175 Å². The fourth-order valence-electron chi connectivity index (χ4n) is 4.55. The maximum Gasteiger partial charge on any atom is 0.196 e. The van der Waals surface area contributed by atoms with Gasteiger partial charge in [-0.15, -0.1) is 0 Å². The Balaban J connectivity index is 1.66. The number of Topliss-reactive ketones (excluding diaryl/α,β-unsaturated/α-hetero) is 1. The van der Waals surface area contributed by atoms with E-state index in [1.54, 1.807) is 21.3 Å². The van der Waals surface area contributed by atoms with E-state index in [-0.39, 0.29) is 5.78 Å². The summed E-state index contributed by atoms with van der Waals surface area (Å²) in [5, 5.41) is 6.74. The van der Waals surface area contributed by atoms with E-state index < -0.39 is 5.54 Å². The van der Waals surface area contributed by atoms with Gasteiger partial charge in [0, 0.05) is 56.1 Å². The van der Waals surface area contributed by atoms with Crippen molar-refractivity contribution in [1.82, 2.24) is 5.32 Å². The van der Waals surface area contributed by atoms with Gasteiger partial charge in [-0.25, -0.2) is 0 Å². The minimum absolute atomic E-state index is 0.0962. The fourth-order valence-corrected chi connectivity index (χ4v) is 4.55. The highest BCUT2D eigenvalue weighted by Crippen LogP contribution is 2.43. The molecule has 0 unspecified atom stereocenters. The zero-order valence-electron chi connectivity index (χ0n) is 17.3. The molecule has 2 N–H and O–H groups in total. The van der Waals surface area contributed by atoms with E-state index in [4.69, 9.17) is 9.47 Å². The van der Waals surface area contributed by atoms with Crippen molar-refractivity contribution in [2.45, 2.75) is 12.0 Å². The summed E-state index contributed by atoms with van der Waals surface area (Å²) < 4.78 is 10.9. The number of para-hydroxylation sites is 1. The summed E-state index contributed by atoms with van der Waals surface area (Å²) in [4.78, 5) is 20.4. The molecule has 2 aromatic rings. The zero-order valence-corrected chi connectivity index (χ0v) is 17.3. The summed E-state index contributed by atoms with van der Waals surface area (Å²) in [6.07, 6.45) is 0.690. The average molecular weight is 404 g/mol. The number of carbonyl (C=O) groups is 1. The lowest BCUT2D eigenvalue weighted by Crippen LogP contribution is -2.70. The van der Waals surface area contributed by atoms with Crippen LogP contribution in [0.2, 0.25) is 0 Å². The predicted molar refractivity (Wildman–Crippen MR) is 117 cm³/mol. The number of nitrogens with zero attached hydrogens (tertiary/aromatic N) is 2. The molecule has 154 valence electrons. The largest absolute Gasteiger partial charge is 0.497 e. The molecule has 7 nitrogen and oxygen atoms in total. The van der Waals surface area contributed by atoms with E-state index in [0.29, 0.717) is 42.4 Å². The standard InChI is InChI=1S/C23H24N4O3/c1-24-22-20(19-8-14-6-4-5-7-18(14)26-19)21(28)23(12-25-13-23)27(22)15-9-16(29-2)11-17(10-15)30-3/h4-7,9-11,25-26H,8,12-13H2,1-3H3.